The Balaban J connectivity index is 1.92. The van der Waals surface area contributed by atoms with Gasteiger partial charge in [0, 0.05) is 33.8 Å². The summed E-state index contributed by atoms with van der Waals surface area (Å²) in [5.74, 6) is 1.01. The fraction of sp³-hybridized carbons (Fsp3) is 0.167. The van der Waals surface area contributed by atoms with Gasteiger partial charge in [0.1, 0.15) is 11.6 Å². The standard InChI is InChI=1S/C18H12ClF2N3O/c19-10-4-5-11-13(6-10)24-14-7-12(17(24)23-11)22-8-9-2-1-3-15(16(9)14)25-18(20)21/h1-6,8,12,18,22H,7H2/t12-/m1/s1. The van der Waals surface area contributed by atoms with Gasteiger partial charge in [-0.1, -0.05) is 23.7 Å². The van der Waals surface area contributed by atoms with Crippen molar-refractivity contribution in [3.05, 3.63) is 57.7 Å². The summed E-state index contributed by atoms with van der Waals surface area (Å²) in [5.41, 5.74) is 2.57. The summed E-state index contributed by atoms with van der Waals surface area (Å²) in [5, 5.41) is 5.41. The maximum absolute atomic E-state index is 12.9. The molecular weight excluding hydrogens is 348 g/mol. The first kappa shape index (κ1) is 14.7. The summed E-state index contributed by atoms with van der Waals surface area (Å²) in [4.78, 5) is 4.69. The van der Waals surface area contributed by atoms with Gasteiger partial charge in [-0.25, -0.2) is 4.98 Å². The van der Waals surface area contributed by atoms with Crippen LogP contribution in [0.5, 0.6) is 5.75 Å². The van der Waals surface area contributed by atoms with Crippen molar-refractivity contribution in [1.82, 2.24) is 14.9 Å². The van der Waals surface area contributed by atoms with E-state index in [4.69, 9.17) is 21.3 Å². The lowest BCUT2D eigenvalue weighted by atomic mass is 10.1. The zero-order chi connectivity index (χ0) is 17.1. The molecule has 5 rings (SSSR count). The quantitative estimate of drug-likeness (QED) is 0.764. The fourth-order valence-electron chi connectivity index (χ4n) is 3.67. The SMILES string of the molecule is FC(F)Oc1cccc2c1=C1C[C@@H](NC=2)c2nc3ccc(Cl)cc3n21. The second kappa shape index (κ2) is 5.20. The number of hydrogen-bond donors (Lipinski definition) is 1. The lowest BCUT2D eigenvalue weighted by molar-refractivity contribution is -0.0505. The molecule has 3 aromatic rings. The minimum Gasteiger partial charge on any atom is -0.434 e. The molecule has 0 amide bonds. The summed E-state index contributed by atoms with van der Waals surface area (Å²) in [6.07, 6.45) is 2.47. The van der Waals surface area contributed by atoms with E-state index in [1.807, 2.05) is 29.0 Å². The van der Waals surface area contributed by atoms with Gasteiger partial charge in [0.25, 0.3) is 0 Å². The normalized spacial score (nSPS) is 17.8. The van der Waals surface area contributed by atoms with Crippen molar-refractivity contribution in [2.45, 2.75) is 19.1 Å². The molecule has 2 aromatic carbocycles. The topological polar surface area (TPSA) is 39.1 Å². The highest BCUT2D eigenvalue weighted by atomic mass is 35.5. The monoisotopic (exact) mass is 359 g/mol. The Hall–Kier alpha value is -2.60. The molecule has 0 saturated heterocycles. The zero-order valence-corrected chi connectivity index (χ0v) is 13.6. The van der Waals surface area contributed by atoms with Crippen LogP contribution < -0.4 is 20.5 Å². The second-order valence-electron chi connectivity index (χ2n) is 6.05. The van der Waals surface area contributed by atoms with E-state index in [-0.39, 0.29) is 11.8 Å². The number of hydrogen-bond acceptors (Lipinski definition) is 3. The summed E-state index contributed by atoms with van der Waals surface area (Å²) in [6.45, 7) is -2.88. The minimum atomic E-state index is -2.88. The van der Waals surface area contributed by atoms with E-state index in [0.29, 0.717) is 16.7 Å². The molecule has 0 unspecified atom stereocenters. The number of rotatable bonds is 2. The summed E-state index contributed by atoms with van der Waals surface area (Å²) < 4.78 is 32.6. The Kier molecular flexibility index (Phi) is 3.06. The molecule has 126 valence electrons. The number of imidazole rings is 1. The van der Waals surface area contributed by atoms with Crippen LogP contribution in [0.3, 0.4) is 0 Å². The highest BCUT2D eigenvalue weighted by molar-refractivity contribution is 6.31. The maximum Gasteiger partial charge on any atom is 0.387 e. The third-order valence-corrected chi connectivity index (χ3v) is 4.86. The smallest absolute Gasteiger partial charge is 0.387 e. The van der Waals surface area contributed by atoms with Crippen molar-refractivity contribution >= 4 is 34.5 Å². The first-order valence-corrected chi connectivity index (χ1v) is 8.21. The van der Waals surface area contributed by atoms with Gasteiger partial charge in [-0.05, 0) is 24.3 Å². The van der Waals surface area contributed by atoms with Crippen LogP contribution in [0.4, 0.5) is 8.78 Å². The molecule has 1 N–H and O–H groups in total. The molecule has 25 heavy (non-hydrogen) atoms. The van der Waals surface area contributed by atoms with E-state index in [0.717, 1.165) is 27.8 Å². The Labute approximate surface area is 146 Å². The van der Waals surface area contributed by atoms with Gasteiger partial charge in [0.2, 0.25) is 0 Å². The molecule has 1 aromatic heterocycles. The minimum absolute atomic E-state index is 0.0204. The molecule has 2 aliphatic rings. The van der Waals surface area contributed by atoms with Crippen LogP contribution in [0, 0.1) is 0 Å². The average molecular weight is 360 g/mol. The summed E-state index contributed by atoms with van der Waals surface area (Å²) >= 11 is 6.16. The van der Waals surface area contributed by atoms with Gasteiger partial charge in [0.05, 0.1) is 17.1 Å². The van der Waals surface area contributed by atoms with Crippen molar-refractivity contribution in [2.24, 2.45) is 0 Å². The number of ether oxygens (including phenoxy) is 1. The van der Waals surface area contributed by atoms with Crippen LogP contribution in [0.2, 0.25) is 5.02 Å². The first-order valence-electron chi connectivity index (χ1n) is 7.83. The molecule has 3 heterocycles. The van der Waals surface area contributed by atoms with Crippen molar-refractivity contribution < 1.29 is 13.5 Å². The van der Waals surface area contributed by atoms with Crippen molar-refractivity contribution in [2.75, 3.05) is 0 Å². The first-order chi connectivity index (χ1) is 12.1. The molecule has 0 spiro atoms. The maximum atomic E-state index is 12.9. The molecule has 7 heteroatoms. The van der Waals surface area contributed by atoms with E-state index in [1.165, 1.54) is 0 Å². The average Bonchev–Trinajstić information content (AvgIpc) is 3.02. The third kappa shape index (κ3) is 2.14. The molecule has 0 aliphatic carbocycles. The number of nitrogens with zero attached hydrogens (tertiary/aromatic N) is 2. The number of aromatic nitrogens is 2. The lowest BCUT2D eigenvalue weighted by Crippen LogP contribution is -2.32. The Morgan fingerprint density at radius 2 is 2.16 bits per heavy atom. The third-order valence-electron chi connectivity index (χ3n) is 4.62. The Morgan fingerprint density at radius 1 is 1.28 bits per heavy atom. The van der Waals surface area contributed by atoms with Crippen LogP contribution in [0.25, 0.3) is 22.9 Å². The van der Waals surface area contributed by atoms with E-state index >= 15 is 0 Å². The van der Waals surface area contributed by atoms with Crippen molar-refractivity contribution in [3.63, 3.8) is 0 Å². The second-order valence-corrected chi connectivity index (χ2v) is 6.49. The molecule has 4 nitrogen and oxygen atoms in total. The molecule has 1 atom stereocenters. The van der Waals surface area contributed by atoms with Gasteiger partial charge < -0.3 is 10.1 Å². The van der Waals surface area contributed by atoms with E-state index in [2.05, 4.69) is 5.32 Å². The highest BCUT2D eigenvalue weighted by Crippen LogP contribution is 2.37. The summed E-state index contributed by atoms with van der Waals surface area (Å²) in [7, 11) is 0. The molecular formula is C18H12ClF2N3O. The fourth-order valence-corrected chi connectivity index (χ4v) is 3.84. The predicted octanol–water partition coefficient (Wildman–Crippen LogP) is 2.73. The van der Waals surface area contributed by atoms with Gasteiger partial charge >= 0.3 is 6.61 Å². The zero-order valence-electron chi connectivity index (χ0n) is 12.8. The van der Waals surface area contributed by atoms with Crippen LogP contribution >= 0.6 is 11.6 Å². The molecule has 0 fully saturated rings. The van der Waals surface area contributed by atoms with Crippen molar-refractivity contribution in [1.29, 1.82) is 0 Å². The van der Waals surface area contributed by atoms with Crippen LogP contribution in [0.15, 0.2) is 36.4 Å². The number of benzene rings is 2. The molecule has 2 bridgehead atoms. The van der Waals surface area contributed by atoms with Crippen LogP contribution in [-0.2, 0) is 0 Å². The van der Waals surface area contributed by atoms with Gasteiger partial charge in [-0.2, -0.15) is 8.78 Å². The number of halogens is 3. The van der Waals surface area contributed by atoms with Crippen molar-refractivity contribution in [3.8, 4) is 5.75 Å². The van der Waals surface area contributed by atoms with Crippen LogP contribution in [0.1, 0.15) is 18.3 Å². The van der Waals surface area contributed by atoms with E-state index < -0.39 is 6.61 Å². The van der Waals surface area contributed by atoms with Crippen LogP contribution in [-0.4, -0.2) is 16.2 Å². The number of fused-ring (bicyclic) bond motifs is 8. The lowest BCUT2D eigenvalue weighted by Gasteiger charge is -2.10. The predicted molar refractivity (Wildman–Crippen MR) is 90.8 cm³/mol. The largest absolute Gasteiger partial charge is 0.434 e. The number of nitrogens with one attached hydrogen (secondary N) is 1. The Morgan fingerprint density at radius 3 is 3.00 bits per heavy atom. The molecule has 2 aliphatic heterocycles. The van der Waals surface area contributed by atoms with E-state index in [1.54, 1.807) is 18.2 Å². The van der Waals surface area contributed by atoms with Gasteiger partial charge in [0.15, 0.2) is 0 Å². The summed E-state index contributed by atoms with van der Waals surface area (Å²) in [6, 6.07) is 10.6. The van der Waals surface area contributed by atoms with E-state index in [9.17, 15) is 8.78 Å². The Bertz CT molecular complexity index is 1140. The molecule has 0 radical (unpaired) electrons. The highest BCUT2D eigenvalue weighted by Gasteiger charge is 2.32. The van der Waals surface area contributed by atoms with Gasteiger partial charge in [-0.3, -0.25) is 4.57 Å². The molecule has 0 saturated carbocycles. The number of alkyl halides is 2. The van der Waals surface area contributed by atoms with Gasteiger partial charge in [-0.15, -0.1) is 0 Å².